The second-order valence-corrected chi connectivity index (χ2v) is 21.8. The van der Waals surface area contributed by atoms with Crippen molar-refractivity contribution in [2.75, 3.05) is 13.2 Å². The Morgan fingerprint density at radius 2 is 0.581 bits per heavy atom. The van der Waals surface area contributed by atoms with Gasteiger partial charge in [0, 0.05) is 12.8 Å². The van der Waals surface area contributed by atoms with Crippen LogP contribution in [0.4, 0.5) is 0 Å². The zero-order chi connectivity index (χ0) is 53.4. The Hall–Kier alpha value is -2.66. The van der Waals surface area contributed by atoms with Crippen LogP contribution in [0.2, 0.25) is 0 Å². The number of unbranched alkanes of at least 4 members (excludes halogenated alkanes) is 40. The molecule has 0 bridgehead atoms. The average molecular weight is 1030 g/mol. The third-order valence-electron chi connectivity index (χ3n) is 14.5. The highest BCUT2D eigenvalue weighted by Crippen LogP contribution is 2.18. The van der Waals surface area contributed by atoms with Crippen LogP contribution in [0.25, 0.3) is 0 Å². The molecule has 0 aromatic rings. The lowest BCUT2D eigenvalue weighted by atomic mass is 10.0. The summed E-state index contributed by atoms with van der Waals surface area (Å²) in [5.74, 6) is -0.632. The molecule has 430 valence electrons. The number of aliphatic hydroxyl groups is 1. The topological polar surface area (TPSA) is 72.8 Å². The maximum absolute atomic E-state index is 12.3. The Morgan fingerprint density at radius 1 is 0.324 bits per heavy atom. The van der Waals surface area contributed by atoms with Gasteiger partial charge < -0.3 is 14.6 Å². The fourth-order valence-corrected chi connectivity index (χ4v) is 9.68. The lowest BCUT2D eigenvalue weighted by Gasteiger charge is -2.15. The minimum Gasteiger partial charge on any atom is -0.462 e. The molecule has 74 heavy (non-hydrogen) atoms. The van der Waals surface area contributed by atoms with Gasteiger partial charge in [0.1, 0.15) is 6.61 Å². The van der Waals surface area contributed by atoms with E-state index in [0.29, 0.717) is 12.8 Å². The van der Waals surface area contributed by atoms with Gasteiger partial charge in [0.25, 0.3) is 0 Å². The molecule has 0 aliphatic carbocycles. The summed E-state index contributed by atoms with van der Waals surface area (Å²) >= 11 is 0. The third-order valence-corrected chi connectivity index (χ3v) is 14.5. The number of carbonyl (C=O) groups excluding carboxylic acids is 2. The predicted molar refractivity (Wildman–Crippen MR) is 325 cm³/mol. The van der Waals surface area contributed by atoms with E-state index in [0.717, 1.165) is 77.0 Å². The van der Waals surface area contributed by atoms with Crippen molar-refractivity contribution in [3.05, 3.63) is 72.9 Å². The Kier molecular flexibility index (Phi) is 62.3. The fourth-order valence-electron chi connectivity index (χ4n) is 9.68. The van der Waals surface area contributed by atoms with Gasteiger partial charge in [0.15, 0.2) is 6.10 Å². The molecule has 0 saturated heterocycles. The molecule has 1 N–H and O–H groups in total. The van der Waals surface area contributed by atoms with E-state index in [4.69, 9.17) is 9.47 Å². The summed E-state index contributed by atoms with van der Waals surface area (Å²) in [7, 11) is 0. The van der Waals surface area contributed by atoms with Crippen LogP contribution in [-0.2, 0) is 19.1 Å². The van der Waals surface area contributed by atoms with Crippen LogP contribution in [0.1, 0.15) is 335 Å². The highest BCUT2D eigenvalue weighted by Gasteiger charge is 2.16. The van der Waals surface area contributed by atoms with Gasteiger partial charge in [-0.1, -0.05) is 331 Å². The molecule has 0 fully saturated rings. The Morgan fingerprint density at radius 3 is 0.878 bits per heavy atom. The van der Waals surface area contributed by atoms with Crippen LogP contribution >= 0.6 is 0 Å². The lowest BCUT2D eigenvalue weighted by molar-refractivity contribution is -0.161. The number of esters is 2. The molecular weight excluding hydrogens is 909 g/mol. The highest BCUT2D eigenvalue weighted by atomic mass is 16.6. The van der Waals surface area contributed by atoms with Crippen LogP contribution in [0.5, 0.6) is 0 Å². The van der Waals surface area contributed by atoms with Crippen molar-refractivity contribution in [1.29, 1.82) is 0 Å². The first-order valence-corrected chi connectivity index (χ1v) is 32.5. The van der Waals surface area contributed by atoms with Crippen LogP contribution in [0, 0.1) is 0 Å². The zero-order valence-corrected chi connectivity index (χ0v) is 49.4. The largest absolute Gasteiger partial charge is 0.462 e. The zero-order valence-electron chi connectivity index (χ0n) is 49.4. The van der Waals surface area contributed by atoms with E-state index in [-0.39, 0.29) is 25.2 Å². The van der Waals surface area contributed by atoms with Gasteiger partial charge in [-0.2, -0.15) is 0 Å². The molecule has 5 heteroatoms. The second-order valence-electron chi connectivity index (χ2n) is 21.8. The van der Waals surface area contributed by atoms with Gasteiger partial charge in [0.2, 0.25) is 0 Å². The van der Waals surface area contributed by atoms with Crippen LogP contribution in [-0.4, -0.2) is 36.4 Å². The van der Waals surface area contributed by atoms with E-state index in [9.17, 15) is 14.7 Å². The maximum Gasteiger partial charge on any atom is 0.306 e. The number of allylic oxidation sites excluding steroid dienone is 12. The summed E-state index contributed by atoms with van der Waals surface area (Å²) in [6.07, 6.45) is 89.4. The molecule has 0 spiro atoms. The van der Waals surface area contributed by atoms with Crippen molar-refractivity contribution in [3.63, 3.8) is 0 Å². The molecule has 0 aromatic heterocycles. The number of hydrogen-bond donors (Lipinski definition) is 1. The van der Waals surface area contributed by atoms with Crippen LogP contribution < -0.4 is 0 Å². The van der Waals surface area contributed by atoms with Gasteiger partial charge in [-0.25, -0.2) is 0 Å². The summed E-state index contributed by atoms with van der Waals surface area (Å²) in [6.45, 7) is 4.03. The van der Waals surface area contributed by atoms with Crippen LogP contribution in [0.3, 0.4) is 0 Å². The minimum atomic E-state index is -0.799. The van der Waals surface area contributed by atoms with E-state index >= 15 is 0 Å². The van der Waals surface area contributed by atoms with E-state index < -0.39 is 6.10 Å². The summed E-state index contributed by atoms with van der Waals surface area (Å²) in [5, 5.41) is 9.66. The molecule has 0 saturated carbocycles. The molecule has 0 rings (SSSR count). The first kappa shape index (κ1) is 71.3. The molecule has 0 aliphatic rings. The fraction of sp³-hybridized carbons (Fsp3) is 0.797. The molecule has 0 amide bonds. The Balaban J connectivity index is 3.42. The summed E-state index contributed by atoms with van der Waals surface area (Å²) in [6, 6.07) is 0. The van der Waals surface area contributed by atoms with Crippen LogP contribution in [0.15, 0.2) is 72.9 Å². The highest BCUT2D eigenvalue weighted by molar-refractivity contribution is 5.70. The van der Waals surface area contributed by atoms with Crippen molar-refractivity contribution in [1.82, 2.24) is 0 Å². The van der Waals surface area contributed by atoms with Crippen molar-refractivity contribution in [2.24, 2.45) is 0 Å². The SMILES string of the molecule is CC/C=C\C/C=C\C/C=C\C/C=C\C/C=C\C/C=C\CCCCC(=O)OC(CO)COC(=O)CCCCCCCCCCCCCCCCCCCCCCCCCCCCCCCCCCCCCCCCC. The van der Waals surface area contributed by atoms with Gasteiger partial charge in [-0.15, -0.1) is 0 Å². The lowest BCUT2D eigenvalue weighted by Crippen LogP contribution is -2.28. The molecule has 0 heterocycles. The predicted octanol–water partition coefficient (Wildman–Crippen LogP) is 22.3. The number of carbonyl (C=O) groups is 2. The van der Waals surface area contributed by atoms with Gasteiger partial charge >= 0.3 is 11.9 Å². The summed E-state index contributed by atoms with van der Waals surface area (Å²) in [4.78, 5) is 24.5. The van der Waals surface area contributed by atoms with E-state index in [1.54, 1.807) is 0 Å². The minimum absolute atomic E-state index is 0.0840. The first-order chi connectivity index (χ1) is 36.6. The standard InChI is InChI=1S/C69H124O5/c1-3-5-7-9-11-13-15-17-19-21-23-25-26-27-28-29-30-31-32-33-34-35-36-37-38-39-40-41-42-44-45-47-49-51-53-55-57-59-61-63-68(71)73-66-67(65-70)74-69(72)64-62-60-58-56-54-52-50-48-46-43-24-22-20-18-16-14-12-10-8-6-4-2/h6,8,12,14,18,20,24,43,48,50,54,56,67,70H,3-5,7,9-11,13,15-17,19,21-23,25-42,44-47,49,51-53,55,57-66H2,1-2H3/b8-6-,14-12-,20-18-,43-24-,50-48-,56-54-. The quantitative estimate of drug-likeness (QED) is 0.0373. The molecule has 0 aliphatic heterocycles. The number of aliphatic hydroxyl groups excluding tert-OH is 1. The van der Waals surface area contributed by atoms with Crippen molar-refractivity contribution >= 4 is 11.9 Å². The van der Waals surface area contributed by atoms with E-state index in [1.807, 2.05) is 0 Å². The Bertz CT molecular complexity index is 1310. The molecular formula is C69H124O5. The molecule has 0 aromatic carbocycles. The molecule has 1 atom stereocenters. The van der Waals surface area contributed by atoms with Gasteiger partial charge in [-0.3, -0.25) is 9.59 Å². The number of hydrogen-bond acceptors (Lipinski definition) is 5. The van der Waals surface area contributed by atoms with Crippen molar-refractivity contribution in [2.45, 2.75) is 341 Å². The van der Waals surface area contributed by atoms with E-state index in [2.05, 4.69) is 86.8 Å². The smallest absolute Gasteiger partial charge is 0.306 e. The maximum atomic E-state index is 12.3. The number of rotatable bonds is 60. The second kappa shape index (κ2) is 64.6. The molecule has 5 nitrogen and oxygen atoms in total. The normalized spacial score (nSPS) is 12.6. The number of ether oxygens (including phenoxy) is 2. The monoisotopic (exact) mass is 1030 g/mol. The van der Waals surface area contributed by atoms with Gasteiger partial charge in [-0.05, 0) is 64.2 Å². The summed E-state index contributed by atoms with van der Waals surface area (Å²) < 4.78 is 10.7. The summed E-state index contributed by atoms with van der Waals surface area (Å²) in [5.41, 5.74) is 0. The molecule has 0 radical (unpaired) electrons. The molecule has 1 unspecified atom stereocenters. The van der Waals surface area contributed by atoms with Gasteiger partial charge in [0.05, 0.1) is 6.61 Å². The Labute approximate surface area is 461 Å². The van der Waals surface area contributed by atoms with Crippen molar-refractivity contribution < 1.29 is 24.2 Å². The van der Waals surface area contributed by atoms with Crippen molar-refractivity contribution in [3.8, 4) is 0 Å². The van der Waals surface area contributed by atoms with E-state index in [1.165, 1.54) is 231 Å². The third kappa shape index (κ3) is 61.9. The average Bonchev–Trinajstić information content (AvgIpc) is 3.40. The first-order valence-electron chi connectivity index (χ1n) is 32.5.